The van der Waals surface area contributed by atoms with Gasteiger partial charge in [0.1, 0.15) is 16.7 Å². The van der Waals surface area contributed by atoms with Crippen LogP contribution in [0.15, 0.2) is 40.1 Å². The molecule has 8 nitrogen and oxygen atoms in total. The van der Waals surface area contributed by atoms with Gasteiger partial charge in [0.25, 0.3) is 0 Å². The number of nitrogens with zero attached hydrogens (tertiary/aromatic N) is 5. The Hall–Kier alpha value is -2.20. The average molecular weight is 321 g/mol. The van der Waals surface area contributed by atoms with Gasteiger partial charge in [-0.2, -0.15) is 0 Å². The Balaban J connectivity index is 1.76. The maximum atomic E-state index is 11.0. The minimum Gasteiger partial charge on any atom is -0.502 e. The fraction of sp³-hybridized carbons (Fsp3) is 0.0909. The van der Waals surface area contributed by atoms with E-state index in [4.69, 9.17) is 0 Å². The highest BCUT2D eigenvalue weighted by Crippen LogP contribution is 2.51. The first-order chi connectivity index (χ1) is 10.1. The molecule has 0 spiro atoms. The fourth-order valence-electron chi connectivity index (χ4n) is 2.23. The predicted molar refractivity (Wildman–Crippen MR) is 77.3 cm³/mol. The first-order valence-corrected chi connectivity index (χ1v) is 7.61. The van der Waals surface area contributed by atoms with Crippen molar-refractivity contribution < 1.29 is 10.0 Å². The van der Waals surface area contributed by atoms with Crippen LogP contribution in [-0.4, -0.2) is 24.9 Å². The lowest BCUT2D eigenvalue weighted by molar-refractivity contribution is -0.385. The molecular formula is C11H7N5O3S2. The number of phenols is 1. The summed E-state index contributed by atoms with van der Waals surface area (Å²) >= 11 is 3.04. The maximum Gasteiger partial charge on any atom is 0.311 e. The lowest BCUT2D eigenvalue weighted by Crippen LogP contribution is -2.28. The van der Waals surface area contributed by atoms with Crippen LogP contribution in [-0.2, 0) is 0 Å². The van der Waals surface area contributed by atoms with Crippen LogP contribution in [0.2, 0.25) is 0 Å². The van der Waals surface area contributed by atoms with Crippen molar-refractivity contribution in [3.8, 4) is 5.75 Å². The highest BCUT2D eigenvalue weighted by molar-refractivity contribution is 8.07. The van der Waals surface area contributed by atoms with Gasteiger partial charge in [-0.05, 0) is 23.4 Å². The van der Waals surface area contributed by atoms with Crippen LogP contribution in [0, 0.1) is 10.1 Å². The van der Waals surface area contributed by atoms with E-state index in [-0.39, 0.29) is 16.8 Å². The summed E-state index contributed by atoms with van der Waals surface area (Å²) < 4.78 is 1.82. The molecule has 2 aliphatic heterocycles. The molecule has 0 bridgehead atoms. The van der Waals surface area contributed by atoms with Gasteiger partial charge in [-0.3, -0.25) is 15.1 Å². The highest BCUT2D eigenvalue weighted by Gasteiger charge is 2.38. The lowest BCUT2D eigenvalue weighted by atomic mass is 10.2. The standard InChI is InChI=1S/C11H7N5O3S2/c17-8-2-1-6(3-7(8)16(18)19)10-15-9(4-20-10)21-11-13-12-5-14(11)15/h1-5,10,17H. The summed E-state index contributed by atoms with van der Waals surface area (Å²) in [7, 11) is 0. The van der Waals surface area contributed by atoms with Gasteiger partial charge in [-0.25, -0.2) is 4.68 Å². The van der Waals surface area contributed by atoms with Crippen LogP contribution in [0.1, 0.15) is 10.9 Å². The zero-order valence-electron chi connectivity index (χ0n) is 10.3. The summed E-state index contributed by atoms with van der Waals surface area (Å²) in [6.45, 7) is 0. The Morgan fingerprint density at radius 3 is 3.10 bits per heavy atom. The molecular weight excluding hydrogens is 314 g/mol. The van der Waals surface area contributed by atoms with Crippen molar-refractivity contribution in [2.45, 2.75) is 10.5 Å². The largest absolute Gasteiger partial charge is 0.502 e. The zero-order chi connectivity index (χ0) is 14.6. The molecule has 2 aliphatic rings. The van der Waals surface area contributed by atoms with E-state index in [1.165, 1.54) is 23.9 Å². The Kier molecular flexibility index (Phi) is 2.62. The molecule has 106 valence electrons. The maximum absolute atomic E-state index is 11.0. The molecule has 1 atom stereocenters. The van der Waals surface area contributed by atoms with Gasteiger partial charge in [-0.15, -0.1) is 10.2 Å². The van der Waals surface area contributed by atoms with Crippen LogP contribution in [0.25, 0.3) is 0 Å². The zero-order valence-corrected chi connectivity index (χ0v) is 11.9. The molecule has 0 saturated carbocycles. The van der Waals surface area contributed by atoms with E-state index in [0.717, 1.165) is 15.7 Å². The van der Waals surface area contributed by atoms with Crippen LogP contribution < -0.4 is 5.01 Å². The van der Waals surface area contributed by atoms with Crippen molar-refractivity contribution in [3.05, 3.63) is 50.6 Å². The van der Waals surface area contributed by atoms with Crippen molar-refractivity contribution in [1.82, 2.24) is 14.9 Å². The van der Waals surface area contributed by atoms with E-state index < -0.39 is 4.92 Å². The van der Waals surface area contributed by atoms with Gasteiger partial charge in [-0.1, -0.05) is 17.8 Å². The van der Waals surface area contributed by atoms with Crippen LogP contribution in [0.3, 0.4) is 0 Å². The minimum absolute atomic E-state index is 0.149. The van der Waals surface area contributed by atoms with Crippen molar-refractivity contribution >= 4 is 29.2 Å². The van der Waals surface area contributed by atoms with Crippen LogP contribution in [0.4, 0.5) is 5.69 Å². The fourth-order valence-corrected chi connectivity index (χ4v) is 4.43. The number of hydrogen-bond donors (Lipinski definition) is 1. The lowest BCUT2D eigenvalue weighted by Gasteiger charge is -2.24. The summed E-state index contributed by atoms with van der Waals surface area (Å²) in [5.41, 5.74) is 0.440. The van der Waals surface area contributed by atoms with E-state index >= 15 is 0 Å². The van der Waals surface area contributed by atoms with Crippen molar-refractivity contribution in [1.29, 1.82) is 0 Å². The summed E-state index contributed by atoms with van der Waals surface area (Å²) in [6, 6.07) is 4.43. The number of benzene rings is 1. The molecule has 21 heavy (non-hydrogen) atoms. The third-order valence-electron chi connectivity index (χ3n) is 3.16. The summed E-state index contributed by atoms with van der Waals surface area (Å²) in [5.74, 6) is -0.333. The van der Waals surface area contributed by atoms with E-state index in [1.807, 2.05) is 15.1 Å². The second-order valence-corrected chi connectivity index (χ2v) is 6.30. The third kappa shape index (κ3) is 1.79. The van der Waals surface area contributed by atoms with Gasteiger partial charge < -0.3 is 5.11 Å². The molecule has 1 aromatic heterocycles. The number of hydrogen-bond acceptors (Lipinski definition) is 8. The Bertz CT molecular complexity index is 790. The van der Waals surface area contributed by atoms with Gasteiger partial charge in [0.05, 0.1) is 4.92 Å². The number of rotatable bonds is 2. The Labute approximate surface area is 126 Å². The van der Waals surface area contributed by atoms with Crippen molar-refractivity contribution in [2.24, 2.45) is 0 Å². The molecule has 0 radical (unpaired) electrons. The smallest absolute Gasteiger partial charge is 0.311 e. The normalized spacial score (nSPS) is 19.3. The van der Waals surface area contributed by atoms with Crippen molar-refractivity contribution in [2.75, 3.05) is 5.01 Å². The molecule has 1 N–H and O–H groups in total. The summed E-state index contributed by atoms with van der Waals surface area (Å²) in [6.07, 6.45) is 1.61. The van der Waals surface area contributed by atoms with Crippen LogP contribution in [0.5, 0.6) is 5.75 Å². The number of aromatic hydroxyl groups is 1. The molecule has 2 aromatic rings. The third-order valence-corrected chi connectivity index (χ3v) is 5.36. The molecule has 10 heteroatoms. The molecule has 0 aliphatic carbocycles. The van der Waals surface area contributed by atoms with Crippen molar-refractivity contribution in [3.63, 3.8) is 0 Å². The monoisotopic (exact) mass is 321 g/mol. The SMILES string of the molecule is O=[N+]([O-])c1cc(C2SC=C3Sc4nncn4N32)ccc1O. The number of phenolic OH excluding ortho intramolecular Hbond substituents is 1. The van der Waals surface area contributed by atoms with E-state index in [0.29, 0.717) is 0 Å². The highest BCUT2D eigenvalue weighted by atomic mass is 32.2. The average Bonchev–Trinajstić information content (AvgIpc) is 3.10. The molecule has 3 heterocycles. The quantitative estimate of drug-likeness (QED) is 0.664. The summed E-state index contributed by atoms with van der Waals surface area (Å²) in [4.78, 5) is 10.4. The Morgan fingerprint density at radius 1 is 1.43 bits per heavy atom. The van der Waals surface area contributed by atoms with Gasteiger partial charge >= 0.3 is 5.69 Å². The van der Waals surface area contributed by atoms with E-state index in [2.05, 4.69) is 10.2 Å². The number of aromatic nitrogens is 3. The number of nitro groups is 1. The molecule has 0 amide bonds. The molecule has 0 saturated heterocycles. The molecule has 0 fully saturated rings. The van der Waals surface area contributed by atoms with Gasteiger partial charge in [0.2, 0.25) is 5.16 Å². The van der Waals surface area contributed by atoms with Crippen LogP contribution >= 0.6 is 23.5 Å². The number of nitro benzene ring substituents is 1. The molecule has 1 aromatic carbocycles. The minimum atomic E-state index is -0.588. The topological polar surface area (TPSA) is 97.3 Å². The first-order valence-electron chi connectivity index (χ1n) is 5.85. The second kappa shape index (κ2) is 4.40. The number of fused-ring (bicyclic) bond motifs is 3. The Morgan fingerprint density at radius 2 is 2.29 bits per heavy atom. The number of thioether (sulfide) groups is 2. The molecule has 1 unspecified atom stereocenters. The summed E-state index contributed by atoms with van der Waals surface area (Å²) in [5, 5.41) is 34.0. The predicted octanol–water partition coefficient (Wildman–Crippen LogP) is 2.18. The van der Waals surface area contributed by atoms with Gasteiger partial charge in [0.15, 0.2) is 5.75 Å². The van der Waals surface area contributed by atoms with E-state index in [9.17, 15) is 15.2 Å². The first kappa shape index (κ1) is 12.5. The van der Waals surface area contributed by atoms with E-state index in [1.54, 1.807) is 24.2 Å². The molecule has 4 rings (SSSR count). The second-order valence-electron chi connectivity index (χ2n) is 4.35. The van der Waals surface area contributed by atoms with Gasteiger partial charge in [0, 0.05) is 11.5 Å².